The number of carbonyl (C=O) groups is 2. The van der Waals surface area contributed by atoms with Crippen molar-refractivity contribution in [1.82, 2.24) is 4.90 Å². The van der Waals surface area contributed by atoms with Crippen LogP contribution in [0.5, 0.6) is 0 Å². The molecular weight excluding hydrogens is 156 g/mol. The zero-order valence-corrected chi connectivity index (χ0v) is 7.12. The molecule has 4 heteroatoms. The molecule has 1 saturated carbocycles. The first-order chi connectivity index (χ1) is 5.61. The van der Waals surface area contributed by atoms with Crippen molar-refractivity contribution in [2.24, 2.45) is 11.7 Å². The molecule has 0 aromatic heterocycles. The molecular formula is C8H13N2O2. The molecule has 67 valence electrons. The van der Waals surface area contributed by atoms with E-state index in [1.54, 1.807) is 0 Å². The summed E-state index contributed by atoms with van der Waals surface area (Å²) in [6, 6.07) is -0.702. The monoisotopic (exact) mass is 169 g/mol. The lowest BCUT2D eigenvalue weighted by Gasteiger charge is -2.10. The summed E-state index contributed by atoms with van der Waals surface area (Å²) >= 11 is 0. The Morgan fingerprint density at radius 1 is 1.58 bits per heavy atom. The van der Waals surface area contributed by atoms with E-state index in [0.717, 1.165) is 11.3 Å². The van der Waals surface area contributed by atoms with Gasteiger partial charge in [-0.15, -0.1) is 0 Å². The summed E-state index contributed by atoms with van der Waals surface area (Å²) in [5, 5.41) is 0. The predicted molar refractivity (Wildman–Crippen MR) is 44.0 cm³/mol. The number of nitrogens with two attached hydrogens (primary N) is 1. The maximum absolute atomic E-state index is 11.1. The summed E-state index contributed by atoms with van der Waals surface area (Å²) < 4.78 is 0. The molecule has 0 aromatic rings. The van der Waals surface area contributed by atoms with Gasteiger partial charge in [-0.1, -0.05) is 12.8 Å². The molecule has 12 heavy (non-hydrogen) atoms. The normalized spacial score (nSPS) is 15.8. The number of imide groups is 1. The van der Waals surface area contributed by atoms with Crippen molar-refractivity contribution in [2.45, 2.75) is 19.3 Å². The van der Waals surface area contributed by atoms with Gasteiger partial charge in [-0.05, 0) is 12.3 Å². The fourth-order valence-electron chi connectivity index (χ4n) is 0.867. The molecule has 0 saturated heterocycles. The molecule has 4 nitrogen and oxygen atoms in total. The highest BCUT2D eigenvalue weighted by molar-refractivity contribution is 5.97. The highest BCUT2D eigenvalue weighted by atomic mass is 16.2. The molecule has 0 unspecified atom stereocenters. The Hall–Kier alpha value is -1.06. The van der Waals surface area contributed by atoms with Gasteiger partial charge in [0, 0.05) is 7.05 Å². The number of carbonyl (C=O) groups excluding carboxylic acids is 2. The average Bonchev–Trinajstić information content (AvgIpc) is 2.81. The van der Waals surface area contributed by atoms with Gasteiger partial charge < -0.3 is 5.73 Å². The Morgan fingerprint density at radius 3 is 2.58 bits per heavy atom. The molecule has 2 N–H and O–H groups in total. The smallest absolute Gasteiger partial charge is 0.321 e. The first kappa shape index (κ1) is 9.03. The molecule has 1 fully saturated rings. The summed E-state index contributed by atoms with van der Waals surface area (Å²) in [6.07, 6.45) is 4.70. The second kappa shape index (κ2) is 3.56. The van der Waals surface area contributed by atoms with Gasteiger partial charge in [-0.2, -0.15) is 0 Å². The van der Waals surface area contributed by atoms with Gasteiger partial charge in [0.2, 0.25) is 5.91 Å². The largest absolute Gasteiger partial charge is 0.351 e. The van der Waals surface area contributed by atoms with Crippen molar-refractivity contribution in [3.63, 3.8) is 0 Å². The molecule has 0 atom stereocenters. The number of hydrogen-bond acceptors (Lipinski definition) is 2. The van der Waals surface area contributed by atoms with E-state index in [0.29, 0.717) is 5.92 Å². The topological polar surface area (TPSA) is 63.4 Å². The predicted octanol–water partition coefficient (Wildman–Crippen LogP) is 0.528. The van der Waals surface area contributed by atoms with E-state index < -0.39 is 6.03 Å². The van der Waals surface area contributed by atoms with Crippen LogP contribution in [0.15, 0.2) is 0 Å². The van der Waals surface area contributed by atoms with Gasteiger partial charge >= 0.3 is 6.03 Å². The third-order valence-electron chi connectivity index (χ3n) is 1.98. The van der Waals surface area contributed by atoms with E-state index in [1.807, 2.05) is 0 Å². The third kappa shape index (κ3) is 2.53. The van der Waals surface area contributed by atoms with E-state index in [1.165, 1.54) is 26.3 Å². The Balaban J connectivity index is 2.21. The lowest BCUT2D eigenvalue weighted by atomic mass is 10.2. The number of nitrogens with zero attached hydrogens (tertiary/aromatic N) is 1. The van der Waals surface area contributed by atoms with Crippen LogP contribution in [-0.2, 0) is 4.79 Å². The van der Waals surface area contributed by atoms with Crippen LogP contribution in [0.1, 0.15) is 19.3 Å². The van der Waals surface area contributed by atoms with Gasteiger partial charge in [-0.25, -0.2) is 4.79 Å². The maximum atomic E-state index is 11.1. The summed E-state index contributed by atoms with van der Waals surface area (Å²) in [4.78, 5) is 22.5. The van der Waals surface area contributed by atoms with E-state index in [-0.39, 0.29) is 5.91 Å². The van der Waals surface area contributed by atoms with Crippen molar-refractivity contribution < 1.29 is 9.59 Å². The molecule has 0 aliphatic heterocycles. The molecule has 0 spiro atoms. The highest BCUT2D eigenvalue weighted by Crippen LogP contribution is 2.33. The molecule has 1 aliphatic carbocycles. The quantitative estimate of drug-likeness (QED) is 0.669. The zero-order valence-electron chi connectivity index (χ0n) is 7.12. The number of primary amides is 1. The molecule has 3 amide bonds. The van der Waals surface area contributed by atoms with Gasteiger partial charge in [0.1, 0.15) is 0 Å². The second-order valence-electron chi connectivity index (χ2n) is 3.12. The zero-order chi connectivity index (χ0) is 9.14. The van der Waals surface area contributed by atoms with Crippen LogP contribution >= 0.6 is 0 Å². The van der Waals surface area contributed by atoms with Crippen LogP contribution < -0.4 is 5.73 Å². The van der Waals surface area contributed by atoms with Gasteiger partial charge in [-0.3, -0.25) is 9.69 Å². The standard InChI is InChI=1S/C8H13N2O2/c1-10(8(9)12)7(11)5-4-6-2-3-6/h5-6H,2-4H2,1H3,(H2,9,12). The Kier molecular flexibility index (Phi) is 2.68. The van der Waals surface area contributed by atoms with Crippen LogP contribution in [0, 0.1) is 12.3 Å². The molecule has 1 radical (unpaired) electrons. The molecule has 0 heterocycles. The average molecular weight is 169 g/mol. The number of urea groups is 1. The van der Waals surface area contributed by atoms with E-state index in [2.05, 4.69) is 0 Å². The lowest BCUT2D eigenvalue weighted by Crippen LogP contribution is -2.37. The van der Waals surface area contributed by atoms with Crippen LogP contribution in [0.25, 0.3) is 0 Å². The lowest BCUT2D eigenvalue weighted by molar-refractivity contribution is -0.123. The van der Waals surface area contributed by atoms with E-state index in [4.69, 9.17) is 5.73 Å². The van der Waals surface area contributed by atoms with Gasteiger partial charge in [0.05, 0.1) is 6.42 Å². The fraction of sp³-hybridized carbons (Fsp3) is 0.625. The Morgan fingerprint density at radius 2 is 2.17 bits per heavy atom. The van der Waals surface area contributed by atoms with Crippen molar-refractivity contribution in [3.05, 3.63) is 6.42 Å². The number of amides is 3. The van der Waals surface area contributed by atoms with Crippen molar-refractivity contribution in [3.8, 4) is 0 Å². The molecule has 1 rings (SSSR count). The van der Waals surface area contributed by atoms with Crippen molar-refractivity contribution in [2.75, 3.05) is 7.05 Å². The minimum atomic E-state index is -0.702. The van der Waals surface area contributed by atoms with E-state index in [9.17, 15) is 9.59 Å². The van der Waals surface area contributed by atoms with Crippen LogP contribution in [0.4, 0.5) is 4.79 Å². The van der Waals surface area contributed by atoms with Crippen LogP contribution in [0.3, 0.4) is 0 Å². The maximum Gasteiger partial charge on any atom is 0.321 e. The number of rotatable bonds is 3. The third-order valence-corrected chi connectivity index (χ3v) is 1.98. The van der Waals surface area contributed by atoms with Crippen molar-refractivity contribution in [1.29, 1.82) is 0 Å². The number of hydrogen-bond donors (Lipinski definition) is 1. The summed E-state index contributed by atoms with van der Waals surface area (Å²) in [6.45, 7) is 0. The summed E-state index contributed by atoms with van der Waals surface area (Å²) in [7, 11) is 1.38. The van der Waals surface area contributed by atoms with Gasteiger partial charge in [0.15, 0.2) is 0 Å². The Labute approximate surface area is 71.7 Å². The second-order valence-corrected chi connectivity index (χ2v) is 3.12. The van der Waals surface area contributed by atoms with Crippen LogP contribution in [-0.4, -0.2) is 23.9 Å². The molecule has 1 aliphatic rings. The molecule has 0 aromatic carbocycles. The summed E-state index contributed by atoms with van der Waals surface area (Å²) in [5.41, 5.74) is 4.91. The van der Waals surface area contributed by atoms with E-state index >= 15 is 0 Å². The minimum Gasteiger partial charge on any atom is -0.351 e. The van der Waals surface area contributed by atoms with Crippen LogP contribution in [0.2, 0.25) is 0 Å². The first-order valence-corrected chi connectivity index (χ1v) is 4.01. The summed E-state index contributed by atoms with van der Waals surface area (Å²) in [5.74, 6) is 0.365. The fourth-order valence-corrected chi connectivity index (χ4v) is 0.867. The highest BCUT2D eigenvalue weighted by Gasteiger charge is 2.23. The molecule has 0 bridgehead atoms. The van der Waals surface area contributed by atoms with Gasteiger partial charge in [0.25, 0.3) is 0 Å². The van der Waals surface area contributed by atoms with Crippen molar-refractivity contribution >= 4 is 11.9 Å². The Bertz CT molecular complexity index is 199. The SMILES string of the molecule is CN(C(N)=O)C(=O)[CH]CC1CC1. The minimum absolute atomic E-state index is 0.297. The first-order valence-electron chi connectivity index (χ1n) is 4.01.